The summed E-state index contributed by atoms with van der Waals surface area (Å²) in [4.78, 5) is 0.465. The average molecular weight is 142 g/mol. The van der Waals surface area contributed by atoms with Gasteiger partial charge in [0.25, 0.3) is 0 Å². The molecule has 4 N–H and O–H groups in total. The van der Waals surface area contributed by atoms with Gasteiger partial charge in [-0.05, 0) is 6.07 Å². The molecule has 0 atom stereocenters. The predicted octanol–water partition coefficient (Wildman–Crippen LogP) is -0.451. The zero-order valence-corrected chi connectivity index (χ0v) is 5.40. The lowest BCUT2D eigenvalue weighted by atomic mass is 10.4. The third-order valence-corrected chi connectivity index (χ3v) is 1.21. The molecule has 9 heavy (non-hydrogen) atoms. The third kappa shape index (κ3) is 1.24. The lowest BCUT2D eigenvalue weighted by molar-refractivity contribution is 1.02. The Morgan fingerprint density at radius 2 is 2.67 bits per heavy atom. The van der Waals surface area contributed by atoms with Crippen molar-refractivity contribution in [1.29, 1.82) is 0 Å². The summed E-state index contributed by atoms with van der Waals surface area (Å²) in [5.41, 5.74) is 3.06. The normalized spacial score (nSPS) is 9.00. The fourth-order valence-electron chi connectivity index (χ4n) is 0.460. The van der Waals surface area contributed by atoms with E-state index in [0.717, 1.165) is 5.69 Å². The van der Waals surface area contributed by atoms with E-state index in [4.69, 9.17) is 18.1 Å². The molecule has 1 heterocycles. The standard InChI is InChI=1S/C4H6N4S/c5-7-4(9)3-1-2-6-8-3/h1-2H,5H2,(H,6,8)(H,7,9). The quantitative estimate of drug-likeness (QED) is 0.282. The van der Waals surface area contributed by atoms with Gasteiger partial charge in [0, 0.05) is 6.20 Å². The fraction of sp³-hybridized carbons (Fsp3) is 0. The van der Waals surface area contributed by atoms with Crippen LogP contribution in [-0.2, 0) is 0 Å². The minimum atomic E-state index is 0.465. The monoisotopic (exact) mass is 142 g/mol. The van der Waals surface area contributed by atoms with Gasteiger partial charge in [-0.1, -0.05) is 12.2 Å². The second-order valence-electron chi connectivity index (χ2n) is 1.44. The maximum atomic E-state index is 5.02. The topological polar surface area (TPSA) is 66.7 Å². The van der Waals surface area contributed by atoms with Crippen molar-refractivity contribution in [2.45, 2.75) is 0 Å². The number of H-pyrrole nitrogens is 1. The Bertz CT molecular complexity index is 192. The number of nitrogens with one attached hydrogen (secondary N) is 2. The molecule has 0 bridgehead atoms. The number of hydrogen-bond donors (Lipinski definition) is 3. The van der Waals surface area contributed by atoms with E-state index in [1.54, 1.807) is 12.3 Å². The van der Waals surface area contributed by atoms with Gasteiger partial charge in [0.05, 0.1) is 5.69 Å². The van der Waals surface area contributed by atoms with Gasteiger partial charge >= 0.3 is 0 Å². The Hall–Kier alpha value is -0.940. The summed E-state index contributed by atoms with van der Waals surface area (Å²) in [7, 11) is 0. The number of nitrogens with zero attached hydrogens (tertiary/aromatic N) is 1. The highest BCUT2D eigenvalue weighted by Gasteiger charge is 1.96. The SMILES string of the molecule is NNC(=S)c1ccn[nH]1. The van der Waals surface area contributed by atoms with E-state index >= 15 is 0 Å². The molecule has 0 aliphatic carbocycles. The summed E-state index contributed by atoms with van der Waals surface area (Å²) in [6, 6.07) is 1.74. The number of aromatic nitrogens is 2. The van der Waals surface area contributed by atoms with Gasteiger partial charge in [-0.3, -0.25) is 5.10 Å². The van der Waals surface area contributed by atoms with E-state index in [2.05, 4.69) is 15.6 Å². The van der Waals surface area contributed by atoms with Crippen LogP contribution in [0.15, 0.2) is 12.3 Å². The molecule has 0 aliphatic heterocycles. The van der Waals surface area contributed by atoms with Crippen molar-refractivity contribution in [3.05, 3.63) is 18.0 Å². The molecule has 1 aromatic heterocycles. The van der Waals surface area contributed by atoms with Gasteiger partial charge in [-0.15, -0.1) is 0 Å². The highest BCUT2D eigenvalue weighted by Crippen LogP contribution is 1.89. The van der Waals surface area contributed by atoms with E-state index in [1.165, 1.54) is 0 Å². The number of nitrogens with two attached hydrogens (primary N) is 1. The maximum Gasteiger partial charge on any atom is 0.138 e. The van der Waals surface area contributed by atoms with Gasteiger partial charge in [-0.25, -0.2) is 5.84 Å². The van der Waals surface area contributed by atoms with E-state index in [9.17, 15) is 0 Å². The van der Waals surface area contributed by atoms with Crippen LogP contribution in [-0.4, -0.2) is 15.2 Å². The van der Waals surface area contributed by atoms with Crippen molar-refractivity contribution in [2.75, 3.05) is 0 Å². The van der Waals surface area contributed by atoms with E-state index in [-0.39, 0.29) is 0 Å². The molecule has 0 fully saturated rings. The molecule has 48 valence electrons. The van der Waals surface area contributed by atoms with E-state index in [0.29, 0.717) is 4.99 Å². The molecule has 5 heteroatoms. The minimum Gasteiger partial charge on any atom is -0.313 e. The number of hydrazine groups is 1. The number of hydrogen-bond acceptors (Lipinski definition) is 3. The van der Waals surface area contributed by atoms with E-state index < -0.39 is 0 Å². The molecule has 0 amide bonds. The van der Waals surface area contributed by atoms with Gasteiger partial charge in [0.15, 0.2) is 0 Å². The van der Waals surface area contributed by atoms with Crippen LogP contribution in [0.1, 0.15) is 5.69 Å². The largest absolute Gasteiger partial charge is 0.313 e. The van der Waals surface area contributed by atoms with Gasteiger partial charge < -0.3 is 5.43 Å². The van der Waals surface area contributed by atoms with Gasteiger partial charge in [-0.2, -0.15) is 5.10 Å². The van der Waals surface area contributed by atoms with Crippen LogP contribution >= 0.6 is 12.2 Å². The predicted molar refractivity (Wildman–Crippen MR) is 37.6 cm³/mol. The molecule has 0 unspecified atom stereocenters. The Morgan fingerprint density at radius 1 is 1.89 bits per heavy atom. The van der Waals surface area contributed by atoms with Crippen LogP contribution < -0.4 is 11.3 Å². The van der Waals surface area contributed by atoms with Crippen LogP contribution in [0.2, 0.25) is 0 Å². The van der Waals surface area contributed by atoms with Crippen LogP contribution in [0.5, 0.6) is 0 Å². The van der Waals surface area contributed by atoms with Crippen molar-refractivity contribution in [1.82, 2.24) is 15.6 Å². The number of aromatic amines is 1. The fourth-order valence-corrected chi connectivity index (χ4v) is 0.574. The van der Waals surface area contributed by atoms with Crippen LogP contribution in [0.25, 0.3) is 0 Å². The molecule has 0 aliphatic rings. The Kier molecular flexibility index (Phi) is 1.76. The first-order valence-electron chi connectivity index (χ1n) is 2.35. The first-order chi connectivity index (χ1) is 4.34. The molecule has 1 rings (SSSR count). The van der Waals surface area contributed by atoms with E-state index in [1.807, 2.05) is 0 Å². The molecule has 0 saturated carbocycles. The highest BCUT2D eigenvalue weighted by atomic mass is 32.1. The van der Waals surface area contributed by atoms with Crippen molar-refractivity contribution in [2.24, 2.45) is 5.84 Å². The molecular formula is C4H6N4S. The lowest BCUT2D eigenvalue weighted by Crippen LogP contribution is -2.29. The Morgan fingerprint density at radius 3 is 3.11 bits per heavy atom. The highest BCUT2D eigenvalue weighted by molar-refractivity contribution is 7.80. The smallest absolute Gasteiger partial charge is 0.138 e. The lowest BCUT2D eigenvalue weighted by Gasteiger charge is -1.94. The number of rotatable bonds is 1. The molecular weight excluding hydrogens is 136 g/mol. The molecule has 0 spiro atoms. The van der Waals surface area contributed by atoms with Crippen LogP contribution in [0, 0.1) is 0 Å². The summed E-state index contributed by atoms with van der Waals surface area (Å²) in [6.07, 6.45) is 1.61. The second-order valence-corrected chi connectivity index (χ2v) is 1.85. The van der Waals surface area contributed by atoms with Gasteiger partial charge in [0.1, 0.15) is 4.99 Å². The molecule has 1 aromatic rings. The zero-order valence-electron chi connectivity index (χ0n) is 4.59. The molecule has 0 saturated heterocycles. The number of thiocarbonyl (C=S) groups is 1. The van der Waals surface area contributed by atoms with Crippen LogP contribution in [0.4, 0.5) is 0 Å². The summed E-state index contributed by atoms with van der Waals surface area (Å²) in [6.45, 7) is 0. The summed E-state index contributed by atoms with van der Waals surface area (Å²) in [5.74, 6) is 5.02. The molecule has 4 nitrogen and oxygen atoms in total. The molecule has 0 radical (unpaired) electrons. The first kappa shape index (κ1) is 6.18. The third-order valence-electron chi connectivity index (χ3n) is 0.876. The first-order valence-corrected chi connectivity index (χ1v) is 2.75. The van der Waals surface area contributed by atoms with Crippen LogP contribution in [0.3, 0.4) is 0 Å². The van der Waals surface area contributed by atoms with Gasteiger partial charge in [0.2, 0.25) is 0 Å². The average Bonchev–Trinajstić information content (AvgIpc) is 2.37. The summed E-state index contributed by atoms with van der Waals surface area (Å²) in [5, 5.41) is 6.34. The summed E-state index contributed by atoms with van der Waals surface area (Å²) >= 11 is 4.77. The summed E-state index contributed by atoms with van der Waals surface area (Å²) < 4.78 is 0. The second kappa shape index (κ2) is 2.56. The Balaban J connectivity index is 2.77. The zero-order chi connectivity index (χ0) is 6.69. The van der Waals surface area contributed by atoms with Crippen molar-refractivity contribution < 1.29 is 0 Å². The minimum absolute atomic E-state index is 0.465. The van der Waals surface area contributed by atoms with Crippen molar-refractivity contribution >= 4 is 17.2 Å². The maximum absolute atomic E-state index is 5.02. The molecule has 0 aromatic carbocycles. The Labute approximate surface area is 57.4 Å². The van der Waals surface area contributed by atoms with Crippen molar-refractivity contribution in [3.8, 4) is 0 Å². The van der Waals surface area contributed by atoms with Crippen molar-refractivity contribution in [3.63, 3.8) is 0 Å².